The van der Waals surface area contributed by atoms with Gasteiger partial charge in [0.05, 0.1) is 0 Å². The second-order valence-corrected chi connectivity index (χ2v) is 17.4. The van der Waals surface area contributed by atoms with Gasteiger partial charge in [0.2, 0.25) is 0 Å². The molecule has 2 aromatic rings. The topological polar surface area (TPSA) is 6.48 Å². The fraction of sp³-hybridized carbons (Fsp3) is 0.417. The summed E-state index contributed by atoms with van der Waals surface area (Å²) in [6.45, 7) is 18.6. The summed E-state index contributed by atoms with van der Waals surface area (Å²) in [7, 11) is -3.73. The van der Waals surface area contributed by atoms with E-state index in [4.69, 9.17) is 0 Å². The molecule has 0 aliphatic rings. The van der Waals surface area contributed by atoms with Gasteiger partial charge < -0.3 is 9.13 Å². The molecule has 0 amide bonds. The molecule has 0 atom stereocenters. The highest BCUT2D eigenvalue weighted by molar-refractivity contribution is 6.88. The van der Waals surface area contributed by atoms with Crippen LogP contribution in [-0.2, 0) is 0 Å². The van der Waals surface area contributed by atoms with Crippen molar-refractivity contribution in [1.82, 2.24) is 9.13 Å². The summed E-state index contributed by atoms with van der Waals surface area (Å²) in [4.78, 5) is 0. The Balaban J connectivity index is 2.44. The van der Waals surface area contributed by atoms with E-state index < -0.39 is 16.5 Å². The third-order valence-corrected chi connectivity index (χ3v) is 12.6. The lowest BCUT2D eigenvalue weighted by atomic mass is 10.4. The zero-order valence-electron chi connectivity index (χ0n) is 18.8. The Morgan fingerprint density at radius 1 is 0.571 bits per heavy atom. The molecule has 0 heterocycles. The van der Waals surface area contributed by atoms with Crippen LogP contribution in [0.25, 0.3) is 0 Å². The highest BCUT2D eigenvalue weighted by Gasteiger charge is 2.34. The van der Waals surface area contributed by atoms with Crippen LogP contribution in [-0.4, -0.2) is 37.7 Å². The second kappa shape index (κ2) is 9.02. The Bertz CT molecular complexity index is 735. The van der Waals surface area contributed by atoms with Gasteiger partial charge in [0.1, 0.15) is 0 Å². The molecule has 28 heavy (non-hydrogen) atoms. The van der Waals surface area contributed by atoms with Crippen molar-refractivity contribution in [3.63, 3.8) is 0 Å². The molecule has 2 aromatic carbocycles. The molecule has 0 aliphatic carbocycles. The van der Waals surface area contributed by atoms with Gasteiger partial charge in [0.25, 0.3) is 0 Å². The molecule has 2 rings (SSSR count). The second-order valence-electron chi connectivity index (χ2n) is 9.00. The van der Waals surface area contributed by atoms with E-state index in [-0.39, 0.29) is 0 Å². The monoisotopic (exact) mass is 408 g/mol. The predicted octanol–water partition coefficient (Wildman–Crippen LogP) is 4.55. The minimum absolute atomic E-state index is 0.380. The Kier molecular flexibility index (Phi) is 7.19. The van der Waals surface area contributed by atoms with Crippen LogP contribution >= 0.6 is 0 Å². The lowest BCUT2D eigenvalue weighted by Gasteiger charge is -2.40. The van der Waals surface area contributed by atoms with Gasteiger partial charge >= 0.3 is 0 Å². The molecule has 4 heteroatoms. The molecule has 0 saturated heterocycles. The Morgan fingerprint density at radius 2 is 0.857 bits per heavy atom. The van der Waals surface area contributed by atoms with Gasteiger partial charge in [-0.2, -0.15) is 0 Å². The van der Waals surface area contributed by atoms with Gasteiger partial charge in [-0.3, -0.25) is 0 Å². The first-order valence-electron chi connectivity index (χ1n) is 10.3. The summed E-state index contributed by atoms with van der Waals surface area (Å²) >= 11 is 0. The van der Waals surface area contributed by atoms with E-state index in [0.29, 0.717) is 12.1 Å². The van der Waals surface area contributed by atoms with Crippen molar-refractivity contribution >= 4 is 26.8 Å². The molecule has 0 aromatic heterocycles. The first-order valence-corrected chi connectivity index (χ1v) is 16.2. The van der Waals surface area contributed by atoms with Crippen LogP contribution in [0.3, 0.4) is 0 Å². The van der Waals surface area contributed by atoms with Crippen molar-refractivity contribution in [2.45, 2.75) is 66.0 Å². The molecule has 0 aliphatic heterocycles. The molecule has 0 saturated carbocycles. The van der Waals surface area contributed by atoms with Crippen molar-refractivity contribution in [3.05, 3.63) is 60.7 Å². The van der Waals surface area contributed by atoms with Gasteiger partial charge in [-0.25, -0.2) is 0 Å². The van der Waals surface area contributed by atoms with Crippen LogP contribution in [0.5, 0.6) is 0 Å². The Labute approximate surface area is 174 Å². The highest BCUT2D eigenvalue weighted by Crippen LogP contribution is 2.16. The largest absolute Gasteiger partial charge is 0.351 e. The first kappa shape index (κ1) is 22.3. The van der Waals surface area contributed by atoms with Crippen LogP contribution in [0.1, 0.15) is 27.7 Å². The molecule has 0 bridgehead atoms. The summed E-state index contributed by atoms with van der Waals surface area (Å²) in [6, 6.07) is 29.8. The average molecular weight is 409 g/mol. The Hall–Kier alpha value is -1.97. The highest BCUT2D eigenvalue weighted by atomic mass is 28.3. The lowest BCUT2D eigenvalue weighted by molar-refractivity contribution is 0.465. The number of rotatable bonds is 6. The molecule has 150 valence electrons. The van der Waals surface area contributed by atoms with Gasteiger partial charge in [0, 0.05) is 24.2 Å². The van der Waals surface area contributed by atoms with Gasteiger partial charge in [-0.15, -0.1) is 0 Å². The number of benzene rings is 2. The van der Waals surface area contributed by atoms with Crippen LogP contribution in [0.4, 0.5) is 0 Å². The SMILES string of the molecule is CC(C)N(C#CN(C(C)C)[Si](C)(C)c1ccccc1)[Si](C)(C)c1ccccc1. The first-order chi connectivity index (χ1) is 13.1. The molecule has 2 nitrogen and oxygen atoms in total. The summed E-state index contributed by atoms with van der Waals surface area (Å²) in [5.74, 6) is 0. The maximum absolute atomic E-state index is 3.62. The zero-order valence-corrected chi connectivity index (χ0v) is 20.8. The van der Waals surface area contributed by atoms with E-state index in [1.807, 2.05) is 0 Å². The zero-order chi connectivity index (χ0) is 20.9. The maximum Gasteiger partial charge on any atom is 0.191 e. The van der Waals surface area contributed by atoms with E-state index in [2.05, 4.69) is 136 Å². The molecule has 0 radical (unpaired) electrons. The van der Waals surface area contributed by atoms with Crippen LogP contribution in [0.15, 0.2) is 60.7 Å². The van der Waals surface area contributed by atoms with E-state index in [1.165, 1.54) is 10.4 Å². The van der Waals surface area contributed by atoms with Gasteiger partial charge in [-0.1, -0.05) is 60.7 Å². The van der Waals surface area contributed by atoms with Crippen LogP contribution in [0, 0.1) is 12.1 Å². The van der Waals surface area contributed by atoms with Crippen molar-refractivity contribution in [1.29, 1.82) is 0 Å². The van der Waals surface area contributed by atoms with E-state index in [0.717, 1.165) is 0 Å². The molecule has 0 N–H and O–H groups in total. The summed E-state index contributed by atoms with van der Waals surface area (Å²) in [6.07, 6.45) is 0. The molecule has 0 fully saturated rings. The van der Waals surface area contributed by atoms with Crippen molar-refractivity contribution in [2.75, 3.05) is 0 Å². The molecular formula is C24H36N2Si2. The van der Waals surface area contributed by atoms with Crippen LogP contribution < -0.4 is 10.4 Å². The number of hydrogen-bond donors (Lipinski definition) is 0. The smallest absolute Gasteiger partial charge is 0.191 e. The van der Waals surface area contributed by atoms with Crippen molar-refractivity contribution in [3.8, 4) is 12.1 Å². The van der Waals surface area contributed by atoms with Crippen molar-refractivity contribution < 1.29 is 0 Å². The molecular weight excluding hydrogens is 372 g/mol. The summed E-state index contributed by atoms with van der Waals surface area (Å²) in [5.41, 5.74) is 0. The molecule has 0 unspecified atom stereocenters. The quantitative estimate of drug-likeness (QED) is 0.393. The fourth-order valence-corrected chi connectivity index (χ4v) is 9.72. The average Bonchev–Trinajstić information content (AvgIpc) is 2.65. The van der Waals surface area contributed by atoms with Gasteiger partial charge in [0.15, 0.2) is 16.5 Å². The fourth-order valence-electron chi connectivity index (χ4n) is 3.91. The molecule has 0 spiro atoms. The third-order valence-electron chi connectivity index (χ3n) is 5.49. The van der Waals surface area contributed by atoms with Gasteiger partial charge in [-0.05, 0) is 64.3 Å². The normalized spacial score (nSPS) is 11.9. The van der Waals surface area contributed by atoms with E-state index >= 15 is 0 Å². The Morgan fingerprint density at radius 3 is 1.11 bits per heavy atom. The summed E-state index contributed by atoms with van der Waals surface area (Å²) in [5, 5.41) is 2.85. The third kappa shape index (κ3) is 4.90. The standard InChI is InChI=1S/C24H36N2Si2/c1-21(2)25(27(5,6)23-15-11-9-12-16-23)19-20-26(22(3)4)28(7,8)24-17-13-10-14-18-24/h9-18,21-22H,1-8H3. The minimum atomic E-state index is -1.86. The van der Waals surface area contributed by atoms with E-state index in [1.54, 1.807) is 0 Å². The predicted molar refractivity (Wildman–Crippen MR) is 129 cm³/mol. The maximum atomic E-state index is 3.62. The number of nitrogens with zero attached hydrogens (tertiary/aromatic N) is 2. The number of hydrogen-bond acceptors (Lipinski definition) is 2. The summed E-state index contributed by atoms with van der Waals surface area (Å²) < 4.78 is 4.88. The lowest BCUT2D eigenvalue weighted by Crippen LogP contribution is -2.60. The minimum Gasteiger partial charge on any atom is -0.351 e. The van der Waals surface area contributed by atoms with E-state index in [9.17, 15) is 0 Å². The van der Waals surface area contributed by atoms with Crippen LogP contribution in [0.2, 0.25) is 26.2 Å². The van der Waals surface area contributed by atoms with Crippen molar-refractivity contribution in [2.24, 2.45) is 0 Å².